The monoisotopic (exact) mass is 196 g/mol. The Morgan fingerprint density at radius 3 is 3.14 bits per heavy atom. The first-order chi connectivity index (χ1) is 6.95. The number of rotatable bonds is 0. The smallest absolute Gasteiger partial charge is 0.0504 e. The van der Waals surface area contributed by atoms with Crippen molar-refractivity contribution in [1.29, 1.82) is 0 Å². The van der Waals surface area contributed by atoms with Crippen LogP contribution in [0, 0.1) is 11.8 Å². The molecular formula is C13H8S. The van der Waals surface area contributed by atoms with Crippen molar-refractivity contribution in [3.63, 3.8) is 0 Å². The van der Waals surface area contributed by atoms with Crippen molar-refractivity contribution in [3.05, 3.63) is 40.8 Å². The standard InChI is InChI=1S/C13H8S/c1-2-6-10-11-7-4-5-9-13(11)14-12(10)8-3-1/h3-5,7-9H,1H2. The summed E-state index contributed by atoms with van der Waals surface area (Å²) in [5, 5.41) is 1.30. The first kappa shape index (κ1) is 7.84. The molecule has 0 spiro atoms. The van der Waals surface area contributed by atoms with Gasteiger partial charge < -0.3 is 0 Å². The summed E-state index contributed by atoms with van der Waals surface area (Å²) in [4.78, 5) is 1.30. The van der Waals surface area contributed by atoms with Crippen LogP contribution in [0.2, 0.25) is 0 Å². The van der Waals surface area contributed by atoms with Crippen LogP contribution >= 0.6 is 11.3 Å². The van der Waals surface area contributed by atoms with Gasteiger partial charge in [-0.3, -0.25) is 0 Å². The highest BCUT2D eigenvalue weighted by atomic mass is 32.1. The number of hydrogen-bond donors (Lipinski definition) is 0. The Morgan fingerprint density at radius 1 is 1.21 bits per heavy atom. The van der Waals surface area contributed by atoms with E-state index in [9.17, 15) is 0 Å². The average Bonchev–Trinajstić information content (AvgIpc) is 2.42. The van der Waals surface area contributed by atoms with E-state index < -0.39 is 0 Å². The van der Waals surface area contributed by atoms with Crippen molar-refractivity contribution < 1.29 is 0 Å². The van der Waals surface area contributed by atoms with Crippen LogP contribution in [-0.2, 0) is 0 Å². The quantitative estimate of drug-likeness (QED) is 0.564. The van der Waals surface area contributed by atoms with Gasteiger partial charge in [-0.05, 0) is 12.1 Å². The van der Waals surface area contributed by atoms with E-state index in [1.807, 2.05) is 11.3 Å². The molecule has 0 fully saturated rings. The summed E-state index contributed by atoms with van der Waals surface area (Å²) in [7, 11) is 0. The summed E-state index contributed by atoms with van der Waals surface area (Å²) >= 11 is 1.82. The molecule has 1 heterocycles. The lowest BCUT2D eigenvalue weighted by Crippen LogP contribution is -1.72. The molecule has 0 N–H and O–H groups in total. The summed E-state index contributed by atoms with van der Waals surface area (Å²) in [5.74, 6) is 6.40. The van der Waals surface area contributed by atoms with Crippen LogP contribution in [0.5, 0.6) is 0 Å². The molecule has 0 nitrogen and oxygen atoms in total. The Bertz CT molecular complexity index is 576. The first-order valence-electron chi connectivity index (χ1n) is 4.62. The molecule has 0 bridgehead atoms. The largest absolute Gasteiger partial charge is 0.134 e. The maximum absolute atomic E-state index is 3.25. The highest BCUT2D eigenvalue weighted by molar-refractivity contribution is 7.20. The van der Waals surface area contributed by atoms with Crippen molar-refractivity contribution in [2.45, 2.75) is 6.42 Å². The SMILES string of the molecule is C1#Cc2c(sc3ccccc23)C=CC1. The maximum Gasteiger partial charge on any atom is 0.0504 e. The highest BCUT2D eigenvalue weighted by Gasteiger charge is 2.07. The van der Waals surface area contributed by atoms with E-state index in [2.05, 4.69) is 48.3 Å². The average molecular weight is 196 g/mol. The third-order valence-corrected chi connectivity index (χ3v) is 3.46. The lowest BCUT2D eigenvalue weighted by Gasteiger charge is -1.88. The van der Waals surface area contributed by atoms with Gasteiger partial charge in [0.2, 0.25) is 0 Å². The number of fused-ring (bicyclic) bond motifs is 3. The van der Waals surface area contributed by atoms with Crippen molar-refractivity contribution in [3.8, 4) is 11.8 Å². The number of hydrogen-bond acceptors (Lipinski definition) is 1. The Hall–Kier alpha value is -1.52. The van der Waals surface area contributed by atoms with Gasteiger partial charge in [-0.15, -0.1) is 11.3 Å². The van der Waals surface area contributed by atoms with E-state index in [1.165, 1.54) is 20.5 Å². The van der Waals surface area contributed by atoms with Crippen molar-refractivity contribution >= 4 is 27.5 Å². The van der Waals surface area contributed by atoms with E-state index >= 15 is 0 Å². The zero-order chi connectivity index (χ0) is 9.38. The van der Waals surface area contributed by atoms with Crippen molar-refractivity contribution in [1.82, 2.24) is 0 Å². The van der Waals surface area contributed by atoms with Gasteiger partial charge in [-0.1, -0.05) is 36.1 Å². The number of benzene rings is 1. The third kappa shape index (κ3) is 1.08. The first-order valence-corrected chi connectivity index (χ1v) is 5.44. The van der Waals surface area contributed by atoms with E-state index in [0.717, 1.165) is 6.42 Å². The fourth-order valence-corrected chi connectivity index (χ4v) is 2.77. The van der Waals surface area contributed by atoms with E-state index in [0.29, 0.717) is 0 Å². The van der Waals surface area contributed by atoms with Gasteiger partial charge >= 0.3 is 0 Å². The maximum atomic E-state index is 3.25. The van der Waals surface area contributed by atoms with Crippen LogP contribution in [0.3, 0.4) is 0 Å². The fourth-order valence-electron chi connectivity index (χ4n) is 1.67. The Morgan fingerprint density at radius 2 is 2.14 bits per heavy atom. The molecule has 1 aliphatic carbocycles. The van der Waals surface area contributed by atoms with Gasteiger partial charge in [0.15, 0.2) is 0 Å². The molecule has 1 aliphatic rings. The van der Waals surface area contributed by atoms with Crippen LogP contribution in [0.15, 0.2) is 30.3 Å². The molecule has 1 aromatic heterocycles. The number of allylic oxidation sites excluding steroid dienone is 1. The van der Waals surface area contributed by atoms with E-state index in [1.54, 1.807) is 0 Å². The molecule has 14 heavy (non-hydrogen) atoms. The summed E-state index contributed by atoms with van der Waals surface area (Å²) in [6, 6.07) is 8.46. The second kappa shape index (κ2) is 3.01. The molecular weight excluding hydrogens is 188 g/mol. The summed E-state index contributed by atoms with van der Waals surface area (Å²) in [5.41, 5.74) is 1.21. The highest BCUT2D eigenvalue weighted by Crippen LogP contribution is 2.32. The Kier molecular flexibility index (Phi) is 1.68. The molecule has 0 amide bonds. The predicted octanol–water partition coefficient (Wildman–Crippen LogP) is 3.67. The van der Waals surface area contributed by atoms with E-state index in [4.69, 9.17) is 0 Å². The summed E-state index contributed by atoms with van der Waals surface area (Å²) < 4.78 is 1.33. The lowest BCUT2D eigenvalue weighted by atomic mass is 10.1. The molecule has 1 aromatic carbocycles. The Labute approximate surface area is 86.9 Å². The van der Waals surface area contributed by atoms with Gasteiger partial charge in [-0.25, -0.2) is 0 Å². The molecule has 0 saturated carbocycles. The molecule has 3 rings (SSSR count). The normalized spacial score (nSPS) is 13.1. The molecule has 0 radical (unpaired) electrons. The van der Waals surface area contributed by atoms with Crippen molar-refractivity contribution in [2.75, 3.05) is 0 Å². The third-order valence-electron chi connectivity index (χ3n) is 2.33. The van der Waals surface area contributed by atoms with Crippen LogP contribution in [-0.4, -0.2) is 0 Å². The minimum absolute atomic E-state index is 0.871. The van der Waals surface area contributed by atoms with Crippen LogP contribution in [0.25, 0.3) is 16.2 Å². The van der Waals surface area contributed by atoms with Gasteiger partial charge in [0.05, 0.1) is 5.56 Å². The molecule has 0 aliphatic heterocycles. The van der Waals surface area contributed by atoms with Gasteiger partial charge in [0.1, 0.15) is 0 Å². The molecule has 66 valence electrons. The van der Waals surface area contributed by atoms with Crippen LogP contribution in [0.4, 0.5) is 0 Å². The van der Waals surface area contributed by atoms with Crippen molar-refractivity contribution in [2.24, 2.45) is 0 Å². The fraction of sp³-hybridized carbons (Fsp3) is 0.0769. The molecule has 2 aromatic rings. The van der Waals surface area contributed by atoms with Gasteiger partial charge in [0.25, 0.3) is 0 Å². The molecule has 0 saturated heterocycles. The molecule has 1 heteroatoms. The topological polar surface area (TPSA) is 0 Å². The molecule has 0 unspecified atom stereocenters. The van der Waals surface area contributed by atoms with Gasteiger partial charge in [-0.2, -0.15) is 0 Å². The number of thiophene rings is 1. The minimum atomic E-state index is 0.871. The Balaban J connectivity index is 2.45. The summed E-state index contributed by atoms with van der Waals surface area (Å²) in [6.07, 6.45) is 5.18. The van der Waals surface area contributed by atoms with E-state index in [-0.39, 0.29) is 0 Å². The van der Waals surface area contributed by atoms with Gasteiger partial charge in [0, 0.05) is 21.4 Å². The lowest BCUT2D eigenvalue weighted by molar-refractivity contribution is 1.50. The second-order valence-electron chi connectivity index (χ2n) is 3.25. The zero-order valence-electron chi connectivity index (χ0n) is 7.58. The predicted molar refractivity (Wildman–Crippen MR) is 62.4 cm³/mol. The van der Waals surface area contributed by atoms with Crippen LogP contribution < -0.4 is 0 Å². The zero-order valence-corrected chi connectivity index (χ0v) is 8.40. The minimum Gasteiger partial charge on any atom is -0.134 e. The summed E-state index contributed by atoms with van der Waals surface area (Å²) in [6.45, 7) is 0. The second-order valence-corrected chi connectivity index (χ2v) is 4.33. The molecule has 0 atom stereocenters. The van der Waals surface area contributed by atoms with Crippen LogP contribution in [0.1, 0.15) is 16.9 Å².